The zero-order valence-corrected chi connectivity index (χ0v) is 31.4. The van der Waals surface area contributed by atoms with E-state index in [4.69, 9.17) is 18.8 Å². The van der Waals surface area contributed by atoms with Crippen LogP contribution in [0.1, 0.15) is 25.0 Å². The highest BCUT2D eigenvalue weighted by Gasteiger charge is 2.37. The summed E-state index contributed by atoms with van der Waals surface area (Å²) >= 11 is 0. The highest BCUT2D eigenvalue weighted by atomic mass is 16.3. The molecule has 3 heterocycles. The van der Waals surface area contributed by atoms with Gasteiger partial charge in [-0.1, -0.05) is 141 Å². The number of furan rings is 2. The van der Waals surface area contributed by atoms with Crippen molar-refractivity contribution >= 4 is 54.6 Å². The fourth-order valence-electron chi connectivity index (χ4n) is 9.34. The van der Waals surface area contributed by atoms with Gasteiger partial charge in [0.15, 0.2) is 5.82 Å². The lowest BCUT2D eigenvalue weighted by Crippen LogP contribution is -2.14. The van der Waals surface area contributed by atoms with Gasteiger partial charge in [-0.05, 0) is 86.6 Å². The summed E-state index contributed by atoms with van der Waals surface area (Å²) < 4.78 is 12.9. The Bertz CT molecular complexity index is 3440. The summed E-state index contributed by atoms with van der Waals surface area (Å²) in [5.74, 6) is 0.686. The van der Waals surface area contributed by atoms with Gasteiger partial charge in [-0.15, -0.1) is 0 Å². The Morgan fingerprint density at radius 1 is 0.404 bits per heavy atom. The lowest BCUT2D eigenvalue weighted by Gasteiger charge is -2.22. The minimum atomic E-state index is -0.171. The maximum Gasteiger partial charge on any atom is 0.160 e. The van der Waals surface area contributed by atoms with E-state index in [1.165, 1.54) is 33.0 Å². The minimum Gasteiger partial charge on any atom is -0.456 e. The Morgan fingerprint density at radius 2 is 1.02 bits per heavy atom. The fourth-order valence-corrected chi connectivity index (χ4v) is 9.34. The molecular formula is C53H34N2O2. The van der Waals surface area contributed by atoms with Crippen LogP contribution >= 0.6 is 0 Å². The van der Waals surface area contributed by atoms with Crippen molar-refractivity contribution in [3.8, 4) is 56.2 Å². The molecule has 1 aliphatic carbocycles. The van der Waals surface area contributed by atoms with Gasteiger partial charge in [-0.2, -0.15) is 0 Å². The SMILES string of the molecule is CC1(C)c2cc3ccccc3cc2-c2c(-c3cc(-c4ccccc4-c4cccc5oc6cc7c(cc6c45)oc4ccccc47)nc(-c4ccccc4)n3)cccc21. The molecule has 4 nitrogen and oxygen atoms in total. The molecule has 0 saturated heterocycles. The fraction of sp³-hybridized carbons (Fsp3) is 0.0566. The molecule has 11 aromatic rings. The maximum atomic E-state index is 6.59. The molecule has 0 atom stereocenters. The van der Waals surface area contributed by atoms with Gasteiger partial charge >= 0.3 is 0 Å². The number of benzene rings is 8. The van der Waals surface area contributed by atoms with Gasteiger partial charge in [0.1, 0.15) is 22.3 Å². The molecule has 4 heteroatoms. The first-order valence-electron chi connectivity index (χ1n) is 19.5. The smallest absolute Gasteiger partial charge is 0.160 e. The number of aromatic nitrogens is 2. The summed E-state index contributed by atoms with van der Waals surface area (Å²) in [7, 11) is 0. The van der Waals surface area contributed by atoms with Crippen LogP contribution in [0.2, 0.25) is 0 Å². The lowest BCUT2D eigenvalue weighted by molar-refractivity contribution is 0.661. The molecule has 0 amide bonds. The van der Waals surface area contributed by atoms with Crippen LogP contribution in [-0.4, -0.2) is 9.97 Å². The van der Waals surface area contributed by atoms with Gasteiger partial charge in [0, 0.05) is 43.7 Å². The van der Waals surface area contributed by atoms with Crippen LogP contribution in [0.3, 0.4) is 0 Å². The molecule has 0 radical (unpaired) electrons. The van der Waals surface area contributed by atoms with Crippen LogP contribution in [0, 0.1) is 0 Å². The Balaban J connectivity index is 1.09. The maximum absolute atomic E-state index is 6.59. The van der Waals surface area contributed by atoms with Crippen molar-refractivity contribution in [3.05, 3.63) is 181 Å². The molecule has 57 heavy (non-hydrogen) atoms. The number of hydrogen-bond donors (Lipinski definition) is 0. The first kappa shape index (κ1) is 32.0. The van der Waals surface area contributed by atoms with Crippen LogP contribution in [-0.2, 0) is 5.41 Å². The molecule has 268 valence electrons. The normalized spacial score (nSPS) is 13.2. The Labute approximate surface area is 328 Å². The molecule has 0 aliphatic heterocycles. The number of hydrogen-bond acceptors (Lipinski definition) is 4. The average molecular weight is 731 g/mol. The summed E-state index contributed by atoms with van der Waals surface area (Å²) in [6, 6.07) is 59.9. The van der Waals surface area contributed by atoms with Crippen molar-refractivity contribution < 1.29 is 8.83 Å². The van der Waals surface area contributed by atoms with E-state index >= 15 is 0 Å². The summed E-state index contributed by atoms with van der Waals surface area (Å²) in [6.07, 6.45) is 0. The molecule has 0 unspecified atom stereocenters. The molecule has 0 bridgehead atoms. The first-order valence-corrected chi connectivity index (χ1v) is 19.5. The third kappa shape index (κ3) is 4.74. The second kappa shape index (κ2) is 11.8. The van der Waals surface area contributed by atoms with Crippen molar-refractivity contribution in [2.45, 2.75) is 19.3 Å². The van der Waals surface area contributed by atoms with Crippen LogP contribution in [0.5, 0.6) is 0 Å². The van der Waals surface area contributed by atoms with Crippen molar-refractivity contribution in [1.82, 2.24) is 9.97 Å². The number of rotatable bonds is 4. The molecule has 3 aromatic heterocycles. The topological polar surface area (TPSA) is 52.1 Å². The number of fused-ring (bicyclic) bond motifs is 10. The predicted molar refractivity (Wildman–Crippen MR) is 233 cm³/mol. The lowest BCUT2D eigenvalue weighted by atomic mass is 9.81. The first-order chi connectivity index (χ1) is 28.0. The largest absolute Gasteiger partial charge is 0.456 e. The van der Waals surface area contributed by atoms with Crippen LogP contribution in [0.25, 0.3) is 111 Å². The van der Waals surface area contributed by atoms with Gasteiger partial charge < -0.3 is 8.83 Å². The van der Waals surface area contributed by atoms with Gasteiger partial charge in [0.2, 0.25) is 0 Å². The van der Waals surface area contributed by atoms with Gasteiger partial charge in [-0.25, -0.2) is 9.97 Å². The zero-order chi connectivity index (χ0) is 37.8. The number of para-hydroxylation sites is 1. The van der Waals surface area contributed by atoms with Gasteiger partial charge in [0.25, 0.3) is 0 Å². The molecule has 12 rings (SSSR count). The molecule has 0 saturated carbocycles. The summed E-state index contributed by atoms with van der Waals surface area (Å²) in [5.41, 5.74) is 15.3. The van der Waals surface area contributed by atoms with Crippen molar-refractivity contribution in [2.24, 2.45) is 0 Å². The van der Waals surface area contributed by atoms with Crippen LogP contribution in [0.4, 0.5) is 0 Å². The highest BCUT2D eigenvalue weighted by Crippen LogP contribution is 2.53. The molecule has 0 fully saturated rings. The second-order valence-corrected chi connectivity index (χ2v) is 15.7. The van der Waals surface area contributed by atoms with E-state index in [0.717, 1.165) is 83.1 Å². The standard InChI is InChI=1S/C53H34N2O2/c1-53(2)42-23-12-22-38(50(42)40-26-32-16-6-7-17-33(32)27-43(40)53)45-30-44(54-52(55-45)31-14-4-3-5-15-31)35-19-9-8-18-34(35)37-21-13-25-47-51(37)41-29-48-39(28-49(41)57-47)36-20-10-11-24-46(36)56-48/h3-30H,1-2H3. The Kier molecular flexibility index (Phi) is 6.65. The van der Waals surface area contributed by atoms with Crippen molar-refractivity contribution in [3.63, 3.8) is 0 Å². The summed E-state index contributed by atoms with van der Waals surface area (Å²) in [6.45, 7) is 4.68. The van der Waals surface area contributed by atoms with E-state index in [2.05, 4.69) is 147 Å². The zero-order valence-electron chi connectivity index (χ0n) is 31.4. The molecular weight excluding hydrogens is 697 g/mol. The molecule has 0 N–H and O–H groups in total. The Morgan fingerprint density at radius 3 is 1.88 bits per heavy atom. The monoisotopic (exact) mass is 730 g/mol. The summed E-state index contributed by atoms with van der Waals surface area (Å²) in [5, 5.41) is 6.69. The summed E-state index contributed by atoms with van der Waals surface area (Å²) in [4.78, 5) is 10.7. The molecule has 0 spiro atoms. The molecule has 8 aromatic carbocycles. The van der Waals surface area contributed by atoms with Crippen molar-refractivity contribution in [1.29, 1.82) is 0 Å². The number of nitrogens with zero attached hydrogens (tertiary/aromatic N) is 2. The van der Waals surface area contributed by atoms with E-state index in [9.17, 15) is 0 Å². The predicted octanol–water partition coefficient (Wildman–Crippen LogP) is 14.4. The average Bonchev–Trinajstić information content (AvgIpc) is 3.88. The highest BCUT2D eigenvalue weighted by molar-refractivity contribution is 6.18. The quantitative estimate of drug-likeness (QED) is 0.181. The Hall–Kier alpha value is -7.30. The van der Waals surface area contributed by atoms with Gasteiger partial charge in [0.05, 0.1) is 11.4 Å². The third-order valence-electron chi connectivity index (χ3n) is 12.1. The van der Waals surface area contributed by atoms with E-state index in [0.29, 0.717) is 5.82 Å². The van der Waals surface area contributed by atoms with Crippen LogP contribution < -0.4 is 0 Å². The molecule has 1 aliphatic rings. The van der Waals surface area contributed by atoms with E-state index in [1.54, 1.807) is 0 Å². The van der Waals surface area contributed by atoms with Gasteiger partial charge in [-0.3, -0.25) is 0 Å². The van der Waals surface area contributed by atoms with E-state index < -0.39 is 0 Å². The minimum absolute atomic E-state index is 0.171. The second-order valence-electron chi connectivity index (χ2n) is 15.7. The van der Waals surface area contributed by atoms with Crippen LogP contribution in [0.15, 0.2) is 179 Å². The van der Waals surface area contributed by atoms with E-state index in [-0.39, 0.29) is 5.41 Å². The third-order valence-corrected chi connectivity index (χ3v) is 12.1. The van der Waals surface area contributed by atoms with E-state index in [1.807, 2.05) is 36.4 Å². The van der Waals surface area contributed by atoms with Crippen molar-refractivity contribution in [2.75, 3.05) is 0 Å².